The lowest BCUT2D eigenvalue weighted by Gasteiger charge is -2.12. The molecule has 1 amide bonds. The lowest BCUT2D eigenvalue weighted by atomic mass is 10.1. The normalized spacial score (nSPS) is 11.1. The van der Waals surface area contributed by atoms with Gasteiger partial charge in [-0.25, -0.2) is 8.42 Å². The van der Waals surface area contributed by atoms with Crippen LogP contribution < -0.4 is 14.8 Å². The van der Waals surface area contributed by atoms with Crippen LogP contribution in [0, 0.1) is 27.7 Å². The Hall–Kier alpha value is -3.32. The molecule has 0 bridgehead atoms. The van der Waals surface area contributed by atoms with Gasteiger partial charge in [0.1, 0.15) is 5.75 Å². The Kier molecular flexibility index (Phi) is 6.65. The van der Waals surface area contributed by atoms with Crippen LogP contribution in [0.2, 0.25) is 0 Å². The van der Waals surface area contributed by atoms with E-state index in [1.165, 1.54) is 24.3 Å². The first-order valence-corrected chi connectivity index (χ1v) is 11.3. The number of aryl methyl sites for hydroxylation is 4. The summed E-state index contributed by atoms with van der Waals surface area (Å²) in [7, 11) is -3.73. The molecule has 0 aliphatic carbocycles. The second-order valence-electron chi connectivity index (χ2n) is 7.61. The van der Waals surface area contributed by atoms with Gasteiger partial charge in [0.05, 0.1) is 10.6 Å². The first-order chi connectivity index (χ1) is 14.6. The fraction of sp³-hybridized carbons (Fsp3) is 0.208. The third kappa shape index (κ3) is 6.08. The number of amides is 1. The molecule has 31 heavy (non-hydrogen) atoms. The predicted octanol–water partition coefficient (Wildman–Crippen LogP) is 4.74. The molecule has 6 nitrogen and oxygen atoms in total. The summed E-state index contributed by atoms with van der Waals surface area (Å²) in [6.07, 6.45) is 0. The van der Waals surface area contributed by atoms with Gasteiger partial charge in [0.2, 0.25) is 0 Å². The van der Waals surface area contributed by atoms with Crippen molar-refractivity contribution in [1.29, 1.82) is 0 Å². The minimum atomic E-state index is -3.73. The molecular weight excluding hydrogens is 412 g/mol. The van der Waals surface area contributed by atoms with E-state index in [1.54, 1.807) is 6.07 Å². The van der Waals surface area contributed by atoms with Gasteiger partial charge in [0, 0.05) is 5.69 Å². The van der Waals surface area contributed by atoms with Crippen molar-refractivity contribution in [2.75, 3.05) is 16.6 Å². The minimum absolute atomic E-state index is 0.112. The number of anilines is 2. The number of hydrogen-bond donors (Lipinski definition) is 2. The molecule has 0 heterocycles. The summed E-state index contributed by atoms with van der Waals surface area (Å²) in [5.41, 5.74) is 5.17. The maximum Gasteiger partial charge on any atom is 0.262 e. The maximum absolute atomic E-state index is 12.7. The molecule has 7 heteroatoms. The van der Waals surface area contributed by atoms with Crippen LogP contribution >= 0.6 is 0 Å². The van der Waals surface area contributed by atoms with Crippen LogP contribution in [0.4, 0.5) is 11.4 Å². The number of carbonyl (C=O) groups excluding carboxylic acids is 1. The third-order valence-electron chi connectivity index (χ3n) is 4.65. The van der Waals surface area contributed by atoms with Crippen molar-refractivity contribution in [3.63, 3.8) is 0 Å². The van der Waals surface area contributed by atoms with Gasteiger partial charge in [-0.1, -0.05) is 18.2 Å². The summed E-state index contributed by atoms with van der Waals surface area (Å²) in [6, 6.07) is 17.3. The van der Waals surface area contributed by atoms with Crippen LogP contribution in [0.1, 0.15) is 22.3 Å². The zero-order valence-corrected chi connectivity index (χ0v) is 18.8. The van der Waals surface area contributed by atoms with Gasteiger partial charge in [0.15, 0.2) is 6.61 Å². The predicted molar refractivity (Wildman–Crippen MR) is 123 cm³/mol. The van der Waals surface area contributed by atoms with Gasteiger partial charge in [-0.3, -0.25) is 9.52 Å². The largest absolute Gasteiger partial charge is 0.484 e. The molecule has 0 fully saturated rings. The maximum atomic E-state index is 12.7. The first-order valence-electron chi connectivity index (χ1n) is 9.83. The van der Waals surface area contributed by atoms with Crippen molar-refractivity contribution in [2.24, 2.45) is 0 Å². The average molecular weight is 439 g/mol. The zero-order valence-electron chi connectivity index (χ0n) is 18.0. The number of nitrogens with one attached hydrogen (secondary N) is 2. The number of sulfonamides is 1. The second-order valence-corrected chi connectivity index (χ2v) is 9.29. The summed E-state index contributed by atoms with van der Waals surface area (Å²) >= 11 is 0. The molecule has 0 radical (unpaired) electrons. The highest BCUT2D eigenvalue weighted by Gasteiger charge is 2.16. The van der Waals surface area contributed by atoms with E-state index in [9.17, 15) is 13.2 Å². The number of ether oxygens (including phenoxy) is 1. The van der Waals surface area contributed by atoms with Crippen LogP contribution in [0.5, 0.6) is 5.75 Å². The summed E-state index contributed by atoms with van der Waals surface area (Å²) in [4.78, 5) is 12.3. The van der Waals surface area contributed by atoms with Crippen molar-refractivity contribution >= 4 is 27.3 Å². The lowest BCUT2D eigenvalue weighted by Crippen LogP contribution is -2.20. The van der Waals surface area contributed by atoms with Gasteiger partial charge in [0.25, 0.3) is 15.9 Å². The molecule has 0 spiro atoms. The molecule has 0 aliphatic rings. The van der Waals surface area contributed by atoms with Crippen LogP contribution in [-0.4, -0.2) is 20.9 Å². The Balaban J connectivity index is 1.61. The quantitative estimate of drug-likeness (QED) is 0.558. The van der Waals surface area contributed by atoms with Crippen LogP contribution in [0.15, 0.2) is 65.6 Å². The highest BCUT2D eigenvalue weighted by molar-refractivity contribution is 7.92. The molecule has 0 atom stereocenters. The number of benzene rings is 3. The van der Waals surface area contributed by atoms with Crippen molar-refractivity contribution in [2.45, 2.75) is 32.6 Å². The van der Waals surface area contributed by atoms with E-state index in [4.69, 9.17) is 4.74 Å². The minimum Gasteiger partial charge on any atom is -0.484 e. The van der Waals surface area contributed by atoms with Gasteiger partial charge in [-0.05, 0) is 92.4 Å². The third-order valence-corrected chi connectivity index (χ3v) is 6.03. The standard InChI is InChI=1S/C24H26N2O4S/c1-16-5-6-19(4)23(14-16)26-31(28,29)22-9-7-21(8-10-22)30-15-24(27)25-20-12-17(2)11-18(3)13-20/h5-14,26H,15H2,1-4H3,(H,25,27). The topological polar surface area (TPSA) is 84.5 Å². The second kappa shape index (κ2) is 9.22. The van der Waals surface area contributed by atoms with Gasteiger partial charge >= 0.3 is 0 Å². The van der Waals surface area contributed by atoms with E-state index in [-0.39, 0.29) is 17.4 Å². The highest BCUT2D eigenvalue weighted by atomic mass is 32.2. The molecule has 0 saturated heterocycles. The fourth-order valence-electron chi connectivity index (χ4n) is 3.16. The Bertz CT molecular complexity index is 1180. The van der Waals surface area contributed by atoms with E-state index >= 15 is 0 Å². The molecule has 2 N–H and O–H groups in total. The van der Waals surface area contributed by atoms with Crippen molar-refractivity contribution < 1.29 is 17.9 Å². The van der Waals surface area contributed by atoms with E-state index < -0.39 is 10.0 Å². The zero-order chi connectivity index (χ0) is 22.6. The van der Waals surface area contributed by atoms with E-state index in [0.29, 0.717) is 17.1 Å². The molecule has 0 aliphatic heterocycles. The highest BCUT2D eigenvalue weighted by Crippen LogP contribution is 2.22. The number of hydrogen-bond acceptors (Lipinski definition) is 4. The smallest absolute Gasteiger partial charge is 0.262 e. The van der Waals surface area contributed by atoms with E-state index in [2.05, 4.69) is 10.0 Å². The SMILES string of the molecule is Cc1cc(C)cc(NC(=O)COc2ccc(S(=O)(=O)Nc3cc(C)ccc3C)cc2)c1. The lowest BCUT2D eigenvalue weighted by molar-refractivity contribution is -0.118. The molecule has 3 rings (SSSR count). The van der Waals surface area contributed by atoms with Gasteiger partial charge in [-0.15, -0.1) is 0 Å². The van der Waals surface area contributed by atoms with Crippen LogP contribution in [0.3, 0.4) is 0 Å². The Morgan fingerprint density at radius 2 is 1.48 bits per heavy atom. The Morgan fingerprint density at radius 3 is 2.13 bits per heavy atom. The van der Waals surface area contributed by atoms with Gasteiger partial charge in [-0.2, -0.15) is 0 Å². The van der Waals surface area contributed by atoms with Crippen LogP contribution in [0.25, 0.3) is 0 Å². The van der Waals surface area contributed by atoms with E-state index in [0.717, 1.165) is 22.3 Å². The molecule has 0 saturated carbocycles. The average Bonchev–Trinajstić information content (AvgIpc) is 2.68. The molecule has 0 aromatic heterocycles. The summed E-state index contributed by atoms with van der Waals surface area (Å²) in [6.45, 7) is 7.49. The van der Waals surface area contributed by atoms with Crippen molar-refractivity contribution in [3.8, 4) is 5.75 Å². The van der Waals surface area contributed by atoms with Crippen molar-refractivity contribution in [3.05, 3.63) is 82.9 Å². The Labute approximate surface area is 183 Å². The molecule has 3 aromatic carbocycles. The molecule has 3 aromatic rings. The van der Waals surface area contributed by atoms with Crippen LogP contribution in [-0.2, 0) is 14.8 Å². The summed E-state index contributed by atoms with van der Waals surface area (Å²) < 4.78 is 33.5. The van der Waals surface area contributed by atoms with Crippen molar-refractivity contribution in [1.82, 2.24) is 0 Å². The van der Waals surface area contributed by atoms with E-state index in [1.807, 2.05) is 58.0 Å². The summed E-state index contributed by atoms with van der Waals surface area (Å²) in [5, 5.41) is 2.80. The van der Waals surface area contributed by atoms with Gasteiger partial charge < -0.3 is 10.1 Å². The fourth-order valence-corrected chi connectivity index (χ4v) is 4.28. The molecule has 162 valence electrons. The summed E-state index contributed by atoms with van der Waals surface area (Å²) in [5.74, 6) is 0.111. The first kappa shape index (κ1) is 22.4. The number of carbonyl (C=O) groups is 1. The molecule has 0 unspecified atom stereocenters. The number of rotatable bonds is 7. The Morgan fingerprint density at radius 1 is 0.839 bits per heavy atom. The monoisotopic (exact) mass is 438 g/mol. The molecular formula is C24H26N2O4S.